The van der Waals surface area contributed by atoms with Crippen LogP contribution in [-0.2, 0) is 22.4 Å². The van der Waals surface area contributed by atoms with Gasteiger partial charge in [-0.25, -0.2) is 4.79 Å². The standard InChI is InChI=1S/C12H12O3/c1-2-8-3-4-9-6-10(7-13)15-12(14)11(9)5-8/h3-5,7,10H,2,6H2,1H3. The lowest BCUT2D eigenvalue weighted by Crippen LogP contribution is -2.28. The molecule has 0 radical (unpaired) electrons. The third-order valence-corrected chi connectivity index (χ3v) is 2.63. The Morgan fingerprint density at radius 3 is 3.00 bits per heavy atom. The van der Waals surface area contributed by atoms with E-state index >= 15 is 0 Å². The Labute approximate surface area is 88.1 Å². The molecule has 0 saturated carbocycles. The zero-order valence-electron chi connectivity index (χ0n) is 8.53. The molecule has 0 N–H and O–H groups in total. The van der Waals surface area contributed by atoms with Crippen LogP contribution in [0.4, 0.5) is 0 Å². The van der Waals surface area contributed by atoms with Gasteiger partial charge in [-0.15, -0.1) is 0 Å². The number of ether oxygens (including phenoxy) is 1. The number of hydrogen-bond acceptors (Lipinski definition) is 3. The van der Waals surface area contributed by atoms with Crippen LogP contribution in [-0.4, -0.2) is 18.4 Å². The highest BCUT2D eigenvalue weighted by atomic mass is 16.5. The topological polar surface area (TPSA) is 43.4 Å². The molecule has 1 aliphatic heterocycles. The molecule has 0 spiro atoms. The molecule has 1 atom stereocenters. The van der Waals surface area contributed by atoms with E-state index in [1.165, 1.54) is 0 Å². The molecule has 1 aromatic carbocycles. The zero-order valence-corrected chi connectivity index (χ0v) is 8.53. The Hall–Kier alpha value is -1.64. The van der Waals surface area contributed by atoms with Crippen molar-refractivity contribution >= 4 is 12.3 Å². The van der Waals surface area contributed by atoms with E-state index < -0.39 is 6.10 Å². The average molecular weight is 204 g/mol. The normalized spacial score (nSPS) is 19.3. The van der Waals surface area contributed by atoms with E-state index in [0.29, 0.717) is 18.3 Å². The van der Waals surface area contributed by atoms with Crippen molar-refractivity contribution in [3.8, 4) is 0 Å². The lowest BCUT2D eigenvalue weighted by Gasteiger charge is -2.21. The van der Waals surface area contributed by atoms with Crippen LogP contribution in [0.1, 0.15) is 28.4 Å². The van der Waals surface area contributed by atoms with E-state index in [1.54, 1.807) is 0 Å². The summed E-state index contributed by atoms with van der Waals surface area (Å²) in [7, 11) is 0. The third kappa shape index (κ3) is 1.77. The Morgan fingerprint density at radius 1 is 1.53 bits per heavy atom. The number of aldehydes is 1. The SMILES string of the molecule is CCc1ccc2c(c1)C(=O)OC(C=O)C2. The lowest BCUT2D eigenvalue weighted by molar-refractivity contribution is -0.115. The molecule has 0 saturated heterocycles. The van der Waals surface area contributed by atoms with Crippen LogP contribution in [0.25, 0.3) is 0 Å². The van der Waals surface area contributed by atoms with Crippen molar-refractivity contribution in [2.24, 2.45) is 0 Å². The molecular formula is C12H12O3. The van der Waals surface area contributed by atoms with Gasteiger partial charge >= 0.3 is 5.97 Å². The van der Waals surface area contributed by atoms with E-state index in [0.717, 1.165) is 17.5 Å². The molecule has 0 bridgehead atoms. The maximum Gasteiger partial charge on any atom is 0.339 e. The molecule has 3 heteroatoms. The first-order valence-electron chi connectivity index (χ1n) is 5.02. The van der Waals surface area contributed by atoms with E-state index in [1.807, 2.05) is 25.1 Å². The number of carbonyl (C=O) groups is 2. The number of cyclic esters (lactones) is 1. The van der Waals surface area contributed by atoms with Crippen LogP contribution in [0, 0.1) is 0 Å². The minimum atomic E-state index is -0.613. The average Bonchev–Trinajstić information content (AvgIpc) is 2.28. The molecule has 1 aliphatic rings. The smallest absolute Gasteiger partial charge is 0.339 e. The maximum atomic E-state index is 11.5. The summed E-state index contributed by atoms with van der Waals surface area (Å²) in [5.74, 6) is -0.386. The highest BCUT2D eigenvalue weighted by Crippen LogP contribution is 2.21. The van der Waals surface area contributed by atoms with Crippen LogP contribution >= 0.6 is 0 Å². The van der Waals surface area contributed by atoms with Crippen LogP contribution in [0.5, 0.6) is 0 Å². The maximum absolute atomic E-state index is 11.5. The van der Waals surface area contributed by atoms with Gasteiger partial charge in [-0.1, -0.05) is 19.1 Å². The minimum absolute atomic E-state index is 0.386. The van der Waals surface area contributed by atoms with Gasteiger partial charge in [0.2, 0.25) is 0 Å². The van der Waals surface area contributed by atoms with Crippen molar-refractivity contribution in [3.05, 3.63) is 34.9 Å². The van der Waals surface area contributed by atoms with Gasteiger partial charge in [0, 0.05) is 6.42 Å². The van der Waals surface area contributed by atoms with Crippen molar-refractivity contribution in [1.82, 2.24) is 0 Å². The molecule has 0 amide bonds. The summed E-state index contributed by atoms with van der Waals surface area (Å²) in [6, 6.07) is 5.74. The minimum Gasteiger partial charge on any atom is -0.451 e. The van der Waals surface area contributed by atoms with Crippen molar-refractivity contribution < 1.29 is 14.3 Å². The Kier molecular flexibility index (Phi) is 2.54. The summed E-state index contributed by atoms with van der Waals surface area (Å²) in [5, 5.41) is 0. The van der Waals surface area contributed by atoms with E-state index in [9.17, 15) is 9.59 Å². The van der Waals surface area contributed by atoms with Crippen molar-refractivity contribution in [2.75, 3.05) is 0 Å². The molecule has 78 valence electrons. The van der Waals surface area contributed by atoms with Crippen molar-refractivity contribution in [2.45, 2.75) is 25.9 Å². The summed E-state index contributed by atoms with van der Waals surface area (Å²) >= 11 is 0. The van der Waals surface area contributed by atoms with E-state index in [4.69, 9.17) is 4.74 Å². The fourth-order valence-electron chi connectivity index (χ4n) is 1.75. The number of aryl methyl sites for hydroxylation is 1. The van der Waals surface area contributed by atoms with Gasteiger partial charge in [-0.05, 0) is 23.6 Å². The van der Waals surface area contributed by atoms with Crippen LogP contribution in [0.2, 0.25) is 0 Å². The zero-order chi connectivity index (χ0) is 10.8. The molecule has 1 heterocycles. The molecule has 0 fully saturated rings. The van der Waals surface area contributed by atoms with Gasteiger partial charge in [0.1, 0.15) is 0 Å². The second-order valence-corrected chi connectivity index (χ2v) is 3.63. The number of rotatable bonds is 2. The molecular weight excluding hydrogens is 192 g/mol. The molecule has 3 nitrogen and oxygen atoms in total. The Morgan fingerprint density at radius 2 is 2.33 bits per heavy atom. The predicted molar refractivity (Wildman–Crippen MR) is 54.8 cm³/mol. The summed E-state index contributed by atoms with van der Waals surface area (Å²) in [6.45, 7) is 2.03. The first-order valence-corrected chi connectivity index (χ1v) is 5.02. The summed E-state index contributed by atoms with van der Waals surface area (Å²) in [5.41, 5.74) is 2.61. The van der Waals surface area contributed by atoms with Gasteiger partial charge in [-0.3, -0.25) is 4.79 Å². The number of hydrogen-bond donors (Lipinski definition) is 0. The molecule has 0 aromatic heterocycles. The second kappa shape index (κ2) is 3.85. The fraction of sp³-hybridized carbons (Fsp3) is 0.333. The first kappa shape index (κ1) is 9.90. The van der Waals surface area contributed by atoms with Gasteiger partial charge in [-0.2, -0.15) is 0 Å². The van der Waals surface area contributed by atoms with E-state index in [-0.39, 0.29) is 5.97 Å². The van der Waals surface area contributed by atoms with Crippen LogP contribution < -0.4 is 0 Å². The summed E-state index contributed by atoms with van der Waals surface area (Å²) < 4.78 is 4.95. The van der Waals surface area contributed by atoms with Gasteiger partial charge < -0.3 is 4.74 Å². The molecule has 1 unspecified atom stereocenters. The number of carbonyl (C=O) groups excluding carboxylic acids is 2. The molecule has 2 rings (SSSR count). The van der Waals surface area contributed by atoms with E-state index in [2.05, 4.69) is 0 Å². The summed E-state index contributed by atoms with van der Waals surface area (Å²) in [6.07, 6.45) is 1.44. The van der Waals surface area contributed by atoms with Crippen molar-refractivity contribution in [3.63, 3.8) is 0 Å². The van der Waals surface area contributed by atoms with Gasteiger partial charge in [0.05, 0.1) is 5.56 Å². The first-order chi connectivity index (χ1) is 7.24. The Balaban J connectivity index is 2.40. The fourth-order valence-corrected chi connectivity index (χ4v) is 1.75. The third-order valence-electron chi connectivity index (χ3n) is 2.63. The summed E-state index contributed by atoms with van der Waals surface area (Å²) in [4.78, 5) is 22.1. The lowest BCUT2D eigenvalue weighted by atomic mass is 9.96. The Bertz CT molecular complexity index is 409. The molecule has 15 heavy (non-hydrogen) atoms. The van der Waals surface area contributed by atoms with Crippen LogP contribution in [0.15, 0.2) is 18.2 Å². The quantitative estimate of drug-likeness (QED) is 0.542. The highest BCUT2D eigenvalue weighted by molar-refractivity contribution is 5.93. The van der Waals surface area contributed by atoms with Crippen LogP contribution in [0.3, 0.4) is 0 Å². The second-order valence-electron chi connectivity index (χ2n) is 3.63. The largest absolute Gasteiger partial charge is 0.451 e. The highest BCUT2D eigenvalue weighted by Gasteiger charge is 2.25. The number of fused-ring (bicyclic) bond motifs is 1. The number of benzene rings is 1. The predicted octanol–water partition coefficient (Wildman–Crippen LogP) is 1.53. The molecule has 1 aromatic rings. The van der Waals surface area contributed by atoms with Crippen molar-refractivity contribution in [1.29, 1.82) is 0 Å². The number of esters is 1. The monoisotopic (exact) mass is 204 g/mol. The van der Waals surface area contributed by atoms with Gasteiger partial charge in [0.15, 0.2) is 12.4 Å². The van der Waals surface area contributed by atoms with Gasteiger partial charge in [0.25, 0.3) is 0 Å². The molecule has 0 aliphatic carbocycles.